The highest BCUT2D eigenvalue weighted by molar-refractivity contribution is 5.99. The Hall–Kier alpha value is -2.43. The van der Waals surface area contributed by atoms with Crippen LogP contribution in [0.1, 0.15) is 28.8 Å². The van der Waals surface area contributed by atoms with Gasteiger partial charge in [0.2, 0.25) is 0 Å². The number of benzene rings is 1. The van der Waals surface area contributed by atoms with Crippen LogP contribution >= 0.6 is 0 Å². The van der Waals surface area contributed by atoms with E-state index < -0.39 is 0 Å². The standard InChI is InChI=1S/C18H21N3O2/c1-13-10-15(23-2)5-6-16(13)18(22)14-4-3-9-21(12-14)17-11-19-7-8-20-17/h5-8,10-11,14H,3-4,9,12H2,1-2H3/t14-/m1/s1. The number of methoxy groups -OCH3 is 1. The molecule has 3 rings (SSSR count). The van der Waals surface area contributed by atoms with Gasteiger partial charge in [-0.3, -0.25) is 9.78 Å². The minimum atomic E-state index is -0.00199. The number of nitrogens with zero attached hydrogens (tertiary/aromatic N) is 3. The van der Waals surface area contributed by atoms with E-state index in [1.165, 1.54) is 0 Å². The third-order valence-corrected chi connectivity index (χ3v) is 4.36. The van der Waals surface area contributed by atoms with Crippen molar-refractivity contribution in [2.75, 3.05) is 25.1 Å². The first-order valence-corrected chi connectivity index (χ1v) is 7.89. The summed E-state index contributed by atoms with van der Waals surface area (Å²) in [6.45, 7) is 3.58. The lowest BCUT2D eigenvalue weighted by molar-refractivity contribution is 0.0906. The fourth-order valence-corrected chi connectivity index (χ4v) is 3.11. The van der Waals surface area contributed by atoms with Crippen molar-refractivity contribution in [2.24, 2.45) is 5.92 Å². The van der Waals surface area contributed by atoms with Gasteiger partial charge in [0, 0.05) is 37.0 Å². The third kappa shape index (κ3) is 3.33. The maximum atomic E-state index is 12.9. The molecule has 1 fully saturated rings. The van der Waals surface area contributed by atoms with Gasteiger partial charge in [0.1, 0.15) is 11.6 Å². The van der Waals surface area contributed by atoms with Gasteiger partial charge in [0.05, 0.1) is 13.3 Å². The van der Waals surface area contributed by atoms with Crippen LogP contribution in [-0.4, -0.2) is 36.0 Å². The zero-order valence-electron chi connectivity index (χ0n) is 13.5. The molecule has 0 unspecified atom stereocenters. The number of carbonyl (C=O) groups is 1. The van der Waals surface area contributed by atoms with E-state index in [-0.39, 0.29) is 11.7 Å². The second-order valence-corrected chi connectivity index (χ2v) is 5.89. The van der Waals surface area contributed by atoms with E-state index in [0.29, 0.717) is 6.54 Å². The lowest BCUT2D eigenvalue weighted by Gasteiger charge is -2.32. The smallest absolute Gasteiger partial charge is 0.167 e. The predicted molar refractivity (Wildman–Crippen MR) is 89.0 cm³/mol. The number of Topliss-reactive ketones (excluding diaryl/α,β-unsaturated/α-hetero) is 1. The average Bonchev–Trinajstić information content (AvgIpc) is 2.62. The van der Waals surface area contributed by atoms with Gasteiger partial charge in [-0.2, -0.15) is 0 Å². The number of ketones is 1. The van der Waals surface area contributed by atoms with Crippen LogP contribution in [-0.2, 0) is 0 Å². The van der Waals surface area contributed by atoms with Crippen LogP contribution < -0.4 is 9.64 Å². The molecule has 2 heterocycles. The Bertz CT molecular complexity index is 688. The number of carbonyl (C=O) groups excluding carboxylic acids is 1. The van der Waals surface area contributed by atoms with Crippen LogP contribution in [0.5, 0.6) is 5.75 Å². The van der Waals surface area contributed by atoms with Gasteiger partial charge < -0.3 is 9.64 Å². The summed E-state index contributed by atoms with van der Waals surface area (Å²) in [4.78, 5) is 23.5. The Morgan fingerprint density at radius 3 is 2.91 bits per heavy atom. The second kappa shape index (κ2) is 6.77. The summed E-state index contributed by atoms with van der Waals surface area (Å²) in [5.74, 6) is 1.83. The van der Waals surface area contributed by atoms with Gasteiger partial charge in [0.15, 0.2) is 5.78 Å². The molecule has 0 aliphatic carbocycles. The SMILES string of the molecule is COc1ccc(C(=O)[C@@H]2CCCN(c3cnccn3)C2)c(C)c1. The first kappa shape index (κ1) is 15.5. The maximum absolute atomic E-state index is 12.9. The zero-order valence-corrected chi connectivity index (χ0v) is 13.5. The van der Waals surface area contributed by atoms with Crippen molar-refractivity contribution in [3.63, 3.8) is 0 Å². The molecule has 0 radical (unpaired) electrons. The second-order valence-electron chi connectivity index (χ2n) is 5.89. The van der Waals surface area contributed by atoms with E-state index in [9.17, 15) is 4.79 Å². The number of aromatic nitrogens is 2. The Morgan fingerprint density at radius 2 is 2.22 bits per heavy atom. The Balaban J connectivity index is 1.77. The summed E-state index contributed by atoms with van der Waals surface area (Å²) in [6, 6.07) is 5.64. The van der Waals surface area contributed by atoms with Crippen molar-refractivity contribution >= 4 is 11.6 Å². The van der Waals surface area contributed by atoms with E-state index in [1.807, 2.05) is 25.1 Å². The van der Waals surface area contributed by atoms with E-state index in [4.69, 9.17) is 4.74 Å². The maximum Gasteiger partial charge on any atom is 0.167 e. The quantitative estimate of drug-likeness (QED) is 0.813. The molecule has 1 aliphatic rings. The number of hydrogen-bond acceptors (Lipinski definition) is 5. The number of hydrogen-bond donors (Lipinski definition) is 0. The number of anilines is 1. The van der Waals surface area contributed by atoms with E-state index in [1.54, 1.807) is 25.7 Å². The topological polar surface area (TPSA) is 55.3 Å². The van der Waals surface area contributed by atoms with Gasteiger partial charge >= 0.3 is 0 Å². The van der Waals surface area contributed by atoms with Crippen LogP contribution in [0.3, 0.4) is 0 Å². The summed E-state index contributed by atoms with van der Waals surface area (Å²) in [5.41, 5.74) is 1.75. The Labute approximate surface area is 136 Å². The Morgan fingerprint density at radius 1 is 1.35 bits per heavy atom. The molecule has 1 aromatic heterocycles. The summed E-state index contributed by atoms with van der Waals surface area (Å²) in [7, 11) is 1.64. The molecule has 5 heteroatoms. The minimum Gasteiger partial charge on any atom is -0.497 e. The average molecular weight is 311 g/mol. The van der Waals surface area contributed by atoms with E-state index in [2.05, 4.69) is 14.9 Å². The van der Waals surface area contributed by atoms with Crippen LogP contribution in [0.4, 0.5) is 5.82 Å². The number of aryl methyl sites for hydroxylation is 1. The van der Waals surface area contributed by atoms with Crippen LogP contribution in [0, 0.1) is 12.8 Å². The normalized spacial score (nSPS) is 17.8. The first-order chi connectivity index (χ1) is 11.2. The molecule has 1 saturated heterocycles. The van der Waals surface area contributed by atoms with Crippen LogP contribution in [0.2, 0.25) is 0 Å². The molecule has 2 aromatic rings. The van der Waals surface area contributed by atoms with Crippen molar-refractivity contribution in [3.8, 4) is 5.75 Å². The van der Waals surface area contributed by atoms with Crippen LogP contribution in [0.25, 0.3) is 0 Å². The number of ether oxygens (including phenoxy) is 1. The third-order valence-electron chi connectivity index (χ3n) is 4.36. The zero-order chi connectivity index (χ0) is 16.2. The molecule has 1 aromatic carbocycles. The van der Waals surface area contributed by atoms with Gasteiger partial charge in [-0.05, 0) is 43.5 Å². The highest BCUT2D eigenvalue weighted by atomic mass is 16.5. The summed E-state index contributed by atoms with van der Waals surface area (Å²) in [5, 5.41) is 0. The van der Waals surface area contributed by atoms with Crippen molar-refractivity contribution in [1.29, 1.82) is 0 Å². The summed E-state index contributed by atoms with van der Waals surface area (Å²) in [6.07, 6.45) is 7.01. The summed E-state index contributed by atoms with van der Waals surface area (Å²) < 4.78 is 5.22. The van der Waals surface area contributed by atoms with Crippen molar-refractivity contribution < 1.29 is 9.53 Å². The monoisotopic (exact) mass is 311 g/mol. The molecule has 0 N–H and O–H groups in total. The molecule has 23 heavy (non-hydrogen) atoms. The molecule has 0 saturated carbocycles. The lowest BCUT2D eigenvalue weighted by atomic mass is 9.88. The minimum absolute atomic E-state index is 0.00199. The van der Waals surface area contributed by atoms with Gasteiger partial charge in [-0.1, -0.05) is 0 Å². The molecule has 120 valence electrons. The molecule has 0 amide bonds. The fraction of sp³-hybridized carbons (Fsp3) is 0.389. The van der Waals surface area contributed by atoms with Gasteiger partial charge in [0.25, 0.3) is 0 Å². The molecular formula is C18H21N3O2. The lowest BCUT2D eigenvalue weighted by Crippen LogP contribution is -2.39. The number of rotatable bonds is 4. The summed E-state index contributed by atoms with van der Waals surface area (Å²) >= 11 is 0. The highest BCUT2D eigenvalue weighted by Crippen LogP contribution is 2.26. The van der Waals surface area contributed by atoms with E-state index in [0.717, 1.165) is 42.1 Å². The van der Waals surface area contributed by atoms with Crippen molar-refractivity contribution in [1.82, 2.24) is 9.97 Å². The van der Waals surface area contributed by atoms with Crippen LogP contribution in [0.15, 0.2) is 36.8 Å². The van der Waals surface area contributed by atoms with Gasteiger partial charge in [-0.15, -0.1) is 0 Å². The fourth-order valence-electron chi connectivity index (χ4n) is 3.11. The highest BCUT2D eigenvalue weighted by Gasteiger charge is 2.28. The van der Waals surface area contributed by atoms with E-state index >= 15 is 0 Å². The molecule has 0 bridgehead atoms. The predicted octanol–water partition coefficient (Wildman–Crippen LogP) is 2.89. The Kier molecular flexibility index (Phi) is 4.55. The van der Waals surface area contributed by atoms with Crippen molar-refractivity contribution in [3.05, 3.63) is 47.9 Å². The molecular weight excluding hydrogens is 290 g/mol. The van der Waals surface area contributed by atoms with Gasteiger partial charge in [-0.25, -0.2) is 4.98 Å². The molecule has 1 aliphatic heterocycles. The molecule has 0 spiro atoms. The number of piperidine rings is 1. The molecule has 1 atom stereocenters. The largest absolute Gasteiger partial charge is 0.497 e. The van der Waals surface area contributed by atoms with Crippen molar-refractivity contribution in [2.45, 2.75) is 19.8 Å². The molecule has 5 nitrogen and oxygen atoms in total. The first-order valence-electron chi connectivity index (χ1n) is 7.89.